The summed E-state index contributed by atoms with van der Waals surface area (Å²) in [4.78, 5) is 0. The van der Waals surface area contributed by atoms with Gasteiger partial charge < -0.3 is 0 Å². The average Bonchev–Trinajstić information content (AvgIpc) is 2.85. The van der Waals surface area contributed by atoms with Crippen molar-refractivity contribution in [1.82, 2.24) is 0 Å². The third-order valence-corrected chi connectivity index (χ3v) is 5.22. The van der Waals surface area contributed by atoms with E-state index in [0.717, 1.165) is 44.9 Å². The molecular formula is C29H21O+. The fourth-order valence-electron chi connectivity index (χ4n) is 3.76. The summed E-state index contributed by atoms with van der Waals surface area (Å²) in [6.45, 7) is 0. The standard InChI is InChI=1S/C29H21O/c1-5-13-22(14-6-1)26-21-27(23-15-7-2-8-16-23)29(25-19-11-4-12-20-25)30-28(26)24-17-9-3-10-18-24/h1-21H/q+1. The van der Waals surface area contributed by atoms with Crippen LogP contribution in [0.25, 0.3) is 44.9 Å². The Bertz CT molecular complexity index is 1050. The monoisotopic (exact) mass is 385 g/mol. The van der Waals surface area contributed by atoms with Crippen LogP contribution < -0.4 is 0 Å². The Morgan fingerprint density at radius 2 is 0.633 bits per heavy atom. The van der Waals surface area contributed by atoms with Crippen LogP contribution in [-0.4, -0.2) is 0 Å². The van der Waals surface area contributed by atoms with Gasteiger partial charge in [-0.25, -0.2) is 4.42 Å². The van der Waals surface area contributed by atoms with Crippen molar-refractivity contribution < 1.29 is 4.42 Å². The van der Waals surface area contributed by atoms with Crippen molar-refractivity contribution in [1.29, 1.82) is 0 Å². The number of hydrogen-bond donors (Lipinski definition) is 0. The van der Waals surface area contributed by atoms with Crippen molar-refractivity contribution in [2.24, 2.45) is 0 Å². The topological polar surface area (TPSA) is 11.3 Å². The Labute approximate surface area is 176 Å². The van der Waals surface area contributed by atoms with Gasteiger partial charge >= 0.3 is 11.5 Å². The maximum Gasteiger partial charge on any atom is 0.368 e. The highest BCUT2D eigenvalue weighted by atomic mass is 16.3. The smallest absolute Gasteiger partial charge is 0.205 e. The molecule has 30 heavy (non-hydrogen) atoms. The van der Waals surface area contributed by atoms with E-state index in [1.54, 1.807) is 0 Å². The van der Waals surface area contributed by atoms with Crippen molar-refractivity contribution in [2.75, 3.05) is 0 Å². The van der Waals surface area contributed by atoms with Gasteiger partial charge in [-0.3, -0.25) is 0 Å². The molecule has 0 spiro atoms. The molecule has 0 N–H and O–H groups in total. The zero-order valence-electron chi connectivity index (χ0n) is 16.5. The predicted molar refractivity (Wildman–Crippen MR) is 125 cm³/mol. The zero-order valence-corrected chi connectivity index (χ0v) is 16.5. The molecule has 1 heterocycles. The van der Waals surface area contributed by atoms with Crippen LogP contribution in [0.3, 0.4) is 0 Å². The minimum atomic E-state index is 0.875. The van der Waals surface area contributed by atoms with Gasteiger partial charge in [-0.05, 0) is 41.5 Å². The lowest BCUT2D eigenvalue weighted by atomic mass is 9.94. The molecule has 4 aromatic carbocycles. The molecule has 1 heteroatoms. The molecule has 142 valence electrons. The summed E-state index contributed by atoms with van der Waals surface area (Å²) >= 11 is 0. The Morgan fingerprint density at radius 1 is 0.333 bits per heavy atom. The first-order valence-electron chi connectivity index (χ1n) is 10.1. The van der Waals surface area contributed by atoms with Crippen molar-refractivity contribution in [2.45, 2.75) is 0 Å². The lowest BCUT2D eigenvalue weighted by Gasteiger charge is -2.08. The van der Waals surface area contributed by atoms with E-state index < -0.39 is 0 Å². The highest BCUT2D eigenvalue weighted by Gasteiger charge is 2.28. The predicted octanol–water partition coefficient (Wildman–Crippen LogP) is 8.23. The zero-order chi connectivity index (χ0) is 20.2. The van der Waals surface area contributed by atoms with E-state index >= 15 is 0 Å². The Balaban J connectivity index is 1.85. The molecule has 0 amide bonds. The van der Waals surface area contributed by atoms with Crippen LogP contribution in [0.1, 0.15) is 0 Å². The number of rotatable bonds is 4. The minimum absolute atomic E-state index is 0.875. The molecule has 0 unspecified atom stereocenters. The maximum atomic E-state index is 6.72. The minimum Gasteiger partial charge on any atom is -0.205 e. The van der Waals surface area contributed by atoms with Crippen LogP contribution in [0.2, 0.25) is 0 Å². The van der Waals surface area contributed by atoms with E-state index in [2.05, 4.69) is 78.9 Å². The second kappa shape index (κ2) is 8.18. The van der Waals surface area contributed by atoms with Crippen LogP contribution in [0, 0.1) is 0 Å². The first-order chi connectivity index (χ1) is 14.9. The number of benzene rings is 4. The van der Waals surface area contributed by atoms with Gasteiger partial charge in [0.25, 0.3) is 0 Å². The van der Waals surface area contributed by atoms with Crippen LogP contribution in [-0.2, 0) is 0 Å². The molecular weight excluding hydrogens is 364 g/mol. The molecule has 0 bridgehead atoms. The van der Waals surface area contributed by atoms with Gasteiger partial charge in [0.05, 0.1) is 22.3 Å². The lowest BCUT2D eigenvalue weighted by molar-refractivity contribution is 0.585. The summed E-state index contributed by atoms with van der Waals surface area (Å²) in [6.07, 6.45) is 0. The second-order valence-corrected chi connectivity index (χ2v) is 7.20. The summed E-state index contributed by atoms with van der Waals surface area (Å²) in [7, 11) is 0. The van der Waals surface area contributed by atoms with Crippen LogP contribution in [0.4, 0.5) is 0 Å². The highest BCUT2D eigenvalue weighted by molar-refractivity contribution is 5.88. The molecule has 5 aromatic rings. The van der Waals surface area contributed by atoms with Crippen LogP contribution in [0.5, 0.6) is 0 Å². The first kappa shape index (κ1) is 18.1. The Morgan fingerprint density at radius 3 is 0.967 bits per heavy atom. The van der Waals surface area contributed by atoms with E-state index in [0.29, 0.717) is 0 Å². The van der Waals surface area contributed by atoms with Gasteiger partial charge in [0.2, 0.25) is 0 Å². The summed E-state index contributed by atoms with van der Waals surface area (Å²) in [5.74, 6) is 1.75. The molecule has 0 radical (unpaired) electrons. The molecule has 0 aliphatic heterocycles. The van der Waals surface area contributed by atoms with E-state index in [1.165, 1.54) is 0 Å². The third kappa shape index (κ3) is 3.54. The van der Waals surface area contributed by atoms with E-state index in [4.69, 9.17) is 4.42 Å². The van der Waals surface area contributed by atoms with Crippen molar-refractivity contribution >= 4 is 0 Å². The molecule has 5 rings (SSSR count). The maximum absolute atomic E-state index is 6.72. The summed E-state index contributed by atoms with van der Waals surface area (Å²) in [5.41, 5.74) is 6.57. The van der Waals surface area contributed by atoms with Crippen molar-refractivity contribution in [3.05, 3.63) is 127 Å². The van der Waals surface area contributed by atoms with Gasteiger partial charge in [0.1, 0.15) is 0 Å². The first-order valence-corrected chi connectivity index (χ1v) is 10.1. The Kier molecular flexibility index (Phi) is 4.93. The summed E-state index contributed by atoms with van der Waals surface area (Å²) in [6, 6.07) is 43.8. The molecule has 0 fully saturated rings. The van der Waals surface area contributed by atoms with Crippen LogP contribution >= 0.6 is 0 Å². The fraction of sp³-hybridized carbons (Fsp3) is 0. The molecule has 1 aromatic heterocycles. The molecule has 0 saturated carbocycles. The third-order valence-electron chi connectivity index (χ3n) is 5.22. The Hall–Kier alpha value is -3.97. The summed E-state index contributed by atoms with van der Waals surface area (Å²) in [5, 5.41) is 0. The molecule has 0 saturated heterocycles. The lowest BCUT2D eigenvalue weighted by Crippen LogP contribution is -1.92. The van der Waals surface area contributed by atoms with E-state index in [1.807, 2.05) is 48.5 Å². The van der Waals surface area contributed by atoms with Gasteiger partial charge in [-0.15, -0.1) is 0 Å². The normalized spacial score (nSPS) is 10.7. The van der Waals surface area contributed by atoms with Crippen molar-refractivity contribution in [3.8, 4) is 44.9 Å². The number of hydrogen-bond acceptors (Lipinski definition) is 0. The van der Waals surface area contributed by atoms with E-state index in [9.17, 15) is 0 Å². The second-order valence-electron chi connectivity index (χ2n) is 7.20. The quantitative estimate of drug-likeness (QED) is 0.284. The molecule has 0 aliphatic carbocycles. The molecule has 1 nitrogen and oxygen atoms in total. The SMILES string of the molecule is c1ccc(-c2cc(-c3ccccc3)c(-c3ccccc3)[o+]c2-c2ccccc2)cc1. The summed E-state index contributed by atoms with van der Waals surface area (Å²) < 4.78 is 6.72. The molecule has 0 aliphatic rings. The highest BCUT2D eigenvalue weighted by Crippen LogP contribution is 2.41. The van der Waals surface area contributed by atoms with Crippen LogP contribution in [0.15, 0.2) is 132 Å². The van der Waals surface area contributed by atoms with Gasteiger partial charge in [0, 0.05) is 0 Å². The van der Waals surface area contributed by atoms with Gasteiger partial charge in [0.15, 0.2) is 0 Å². The van der Waals surface area contributed by atoms with Gasteiger partial charge in [-0.1, -0.05) is 97.1 Å². The fourth-order valence-corrected chi connectivity index (χ4v) is 3.76. The van der Waals surface area contributed by atoms with Gasteiger partial charge in [-0.2, -0.15) is 0 Å². The van der Waals surface area contributed by atoms with Crippen molar-refractivity contribution in [3.63, 3.8) is 0 Å². The average molecular weight is 385 g/mol. The molecule has 0 atom stereocenters. The largest absolute Gasteiger partial charge is 0.368 e. The van der Waals surface area contributed by atoms with E-state index in [-0.39, 0.29) is 0 Å².